The highest BCUT2D eigenvalue weighted by molar-refractivity contribution is 7.80. The molecule has 31 heavy (non-hydrogen) atoms. The normalized spacial score (nSPS) is 14.8. The third-order valence-corrected chi connectivity index (χ3v) is 4.89. The molecule has 1 rings (SSSR count). The van der Waals surface area contributed by atoms with Crippen LogP contribution >= 0.6 is 12.6 Å². The molecular formula is C21H32N4O5S. The fourth-order valence-electron chi connectivity index (χ4n) is 2.80. The SMILES string of the molecule is CC(C)CC(NC(=O)C(N)Cc1ccccc1)C(=O)NC(C)C(=O)NC(CS)C(=O)O. The number of rotatable bonds is 12. The number of hydrogen-bond acceptors (Lipinski definition) is 6. The summed E-state index contributed by atoms with van der Waals surface area (Å²) in [6, 6.07) is 5.40. The van der Waals surface area contributed by atoms with Crippen molar-refractivity contribution in [3.05, 3.63) is 35.9 Å². The van der Waals surface area contributed by atoms with Crippen molar-refractivity contribution < 1.29 is 24.3 Å². The van der Waals surface area contributed by atoms with Crippen LogP contribution < -0.4 is 21.7 Å². The summed E-state index contributed by atoms with van der Waals surface area (Å²) >= 11 is 3.89. The van der Waals surface area contributed by atoms with Gasteiger partial charge in [0.2, 0.25) is 17.7 Å². The molecule has 0 saturated carbocycles. The molecule has 0 aliphatic carbocycles. The summed E-state index contributed by atoms with van der Waals surface area (Å²) in [5.74, 6) is -2.90. The lowest BCUT2D eigenvalue weighted by molar-refractivity contribution is -0.141. The van der Waals surface area contributed by atoms with E-state index in [-0.39, 0.29) is 11.7 Å². The zero-order valence-electron chi connectivity index (χ0n) is 18.0. The van der Waals surface area contributed by atoms with Crippen molar-refractivity contribution in [1.29, 1.82) is 0 Å². The minimum Gasteiger partial charge on any atom is -0.480 e. The monoisotopic (exact) mass is 452 g/mol. The molecule has 6 N–H and O–H groups in total. The van der Waals surface area contributed by atoms with Gasteiger partial charge in [0.1, 0.15) is 18.1 Å². The number of nitrogens with two attached hydrogens (primary N) is 1. The van der Waals surface area contributed by atoms with E-state index in [1.165, 1.54) is 6.92 Å². The van der Waals surface area contributed by atoms with Crippen molar-refractivity contribution in [2.24, 2.45) is 11.7 Å². The van der Waals surface area contributed by atoms with E-state index in [0.717, 1.165) is 5.56 Å². The Kier molecular flexibility index (Phi) is 11.1. The van der Waals surface area contributed by atoms with Crippen molar-refractivity contribution >= 4 is 36.3 Å². The number of carbonyl (C=O) groups is 4. The molecule has 1 aromatic carbocycles. The van der Waals surface area contributed by atoms with Gasteiger partial charge in [0.15, 0.2) is 0 Å². The highest BCUT2D eigenvalue weighted by Gasteiger charge is 2.28. The number of aliphatic carboxylic acids is 1. The van der Waals surface area contributed by atoms with Crippen molar-refractivity contribution in [1.82, 2.24) is 16.0 Å². The molecule has 0 saturated heterocycles. The summed E-state index contributed by atoms with van der Waals surface area (Å²) in [4.78, 5) is 48.5. The molecular weight excluding hydrogens is 420 g/mol. The molecule has 9 nitrogen and oxygen atoms in total. The predicted octanol–water partition coefficient (Wildman–Crippen LogP) is 0.0912. The van der Waals surface area contributed by atoms with Crippen LogP contribution in [0.2, 0.25) is 0 Å². The van der Waals surface area contributed by atoms with Crippen LogP contribution in [-0.2, 0) is 25.6 Å². The summed E-state index contributed by atoms with van der Waals surface area (Å²) < 4.78 is 0. The Bertz CT molecular complexity index is 759. The van der Waals surface area contributed by atoms with Crippen LogP contribution in [-0.4, -0.2) is 58.7 Å². The van der Waals surface area contributed by atoms with E-state index >= 15 is 0 Å². The van der Waals surface area contributed by atoms with Crippen LogP contribution in [0.5, 0.6) is 0 Å². The van der Waals surface area contributed by atoms with E-state index in [0.29, 0.717) is 12.8 Å². The van der Waals surface area contributed by atoms with Gasteiger partial charge in [-0.05, 0) is 31.2 Å². The lowest BCUT2D eigenvalue weighted by atomic mass is 10.0. The molecule has 0 fully saturated rings. The molecule has 0 spiro atoms. The van der Waals surface area contributed by atoms with Crippen molar-refractivity contribution in [3.63, 3.8) is 0 Å². The summed E-state index contributed by atoms with van der Waals surface area (Å²) in [5, 5.41) is 16.5. The van der Waals surface area contributed by atoms with E-state index in [1.54, 1.807) is 0 Å². The van der Waals surface area contributed by atoms with E-state index < -0.39 is 47.9 Å². The standard InChI is InChI=1S/C21H32N4O5S/c1-12(2)9-16(24-19(27)15(22)10-14-7-5-4-6-8-14)20(28)23-13(3)18(26)25-17(11-31)21(29)30/h4-8,12-13,15-17,31H,9-11,22H2,1-3H3,(H,23,28)(H,24,27)(H,25,26)(H,29,30). The van der Waals surface area contributed by atoms with Gasteiger partial charge in [-0.3, -0.25) is 14.4 Å². The number of carboxylic acids is 1. The molecule has 0 radical (unpaired) electrons. The second-order valence-electron chi connectivity index (χ2n) is 7.80. The average Bonchev–Trinajstić information content (AvgIpc) is 2.71. The highest BCUT2D eigenvalue weighted by Crippen LogP contribution is 2.07. The van der Waals surface area contributed by atoms with Crippen LogP contribution in [0.1, 0.15) is 32.8 Å². The highest BCUT2D eigenvalue weighted by atomic mass is 32.1. The fraction of sp³-hybridized carbons (Fsp3) is 0.524. The Labute approximate surface area is 187 Å². The summed E-state index contributed by atoms with van der Waals surface area (Å²) in [6.07, 6.45) is 0.667. The maximum atomic E-state index is 12.7. The van der Waals surface area contributed by atoms with Crippen LogP contribution in [0.4, 0.5) is 0 Å². The first-order valence-corrected chi connectivity index (χ1v) is 10.7. The lowest BCUT2D eigenvalue weighted by Gasteiger charge is -2.24. The van der Waals surface area contributed by atoms with Crippen molar-refractivity contribution in [3.8, 4) is 0 Å². The second-order valence-corrected chi connectivity index (χ2v) is 8.16. The van der Waals surface area contributed by atoms with Gasteiger partial charge in [0, 0.05) is 5.75 Å². The molecule has 0 aromatic heterocycles. The molecule has 0 aliphatic rings. The molecule has 3 amide bonds. The Morgan fingerprint density at radius 3 is 2.03 bits per heavy atom. The topological polar surface area (TPSA) is 151 Å². The summed E-state index contributed by atoms with van der Waals surface area (Å²) in [6.45, 7) is 5.23. The number of carboxylic acid groups (broad SMARTS) is 1. The lowest BCUT2D eigenvalue weighted by Crippen LogP contribution is -2.56. The Morgan fingerprint density at radius 2 is 1.52 bits per heavy atom. The Morgan fingerprint density at radius 1 is 0.935 bits per heavy atom. The molecule has 4 atom stereocenters. The van der Waals surface area contributed by atoms with Crippen LogP contribution in [0, 0.1) is 5.92 Å². The third kappa shape index (κ3) is 9.39. The van der Waals surface area contributed by atoms with Gasteiger partial charge in [0.05, 0.1) is 6.04 Å². The number of benzene rings is 1. The maximum Gasteiger partial charge on any atom is 0.327 e. The summed E-state index contributed by atoms with van der Waals surface area (Å²) in [7, 11) is 0. The van der Waals surface area contributed by atoms with Gasteiger partial charge in [-0.15, -0.1) is 0 Å². The third-order valence-electron chi connectivity index (χ3n) is 4.52. The quantitative estimate of drug-likeness (QED) is 0.247. The molecule has 172 valence electrons. The predicted molar refractivity (Wildman–Crippen MR) is 121 cm³/mol. The minimum absolute atomic E-state index is 0.0890. The Balaban J connectivity index is 2.74. The smallest absolute Gasteiger partial charge is 0.327 e. The average molecular weight is 453 g/mol. The first-order chi connectivity index (χ1) is 14.5. The zero-order valence-corrected chi connectivity index (χ0v) is 18.9. The molecule has 10 heteroatoms. The second kappa shape index (κ2) is 13.0. The Hall–Kier alpha value is -2.59. The molecule has 0 bridgehead atoms. The maximum absolute atomic E-state index is 12.7. The van der Waals surface area contributed by atoms with Gasteiger partial charge < -0.3 is 26.8 Å². The fourth-order valence-corrected chi connectivity index (χ4v) is 3.05. The van der Waals surface area contributed by atoms with Crippen LogP contribution in [0.15, 0.2) is 30.3 Å². The largest absolute Gasteiger partial charge is 0.480 e. The molecule has 0 heterocycles. The van der Waals surface area contributed by atoms with Gasteiger partial charge in [-0.1, -0.05) is 44.2 Å². The molecule has 4 unspecified atom stereocenters. The van der Waals surface area contributed by atoms with Gasteiger partial charge >= 0.3 is 5.97 Å². The minimum atomic E-state index is -1.22. The van der Waals surface area contributed by atoms with Gasteiger partial charge in [0.25, 0.3) is 0 Å². The van der Waals surface area contributed by atoms with Crippen LogP contribution in [0.3, 0.4) is 0 Å². The number of nitrogens with one attached hydrogen (secondary N) is 3. The number of hydrogen-bond donors (Lipinski definition) is 6. The molecule has 1 aromatic rings. The van der Waals surface area contributed by atoms with E-state index in [4.69, 9.17) is 10.8 Å². The van der Waals surface area contributed by atoms with Crippen molar-refractivity contribution in [2.75, 3.05) is 5.75 Å². The zero-order chi connectivity index (χ0) is 23.6. The van der Waals surface area contributed by atoms with E-state index in [9.17, 15) is 19.2 Å². The van der Waals surface area contributed by atoms with Crippen LogP contribution in [0.25, 0.3) is 0 Å². The first-order valence-electron chi connectivity index (χ1n) is 10.1. The van der Waals surface area contributed by atoms with Crippen molar-refractivity contribution in [2.45, 2.75) is 57.8 Å². The molecule has 0 aliphatic heterocycles. The summed E-state index contributed by atoms with van der Waals surface area (Å²) in [5.41, 5.74) is 6.91. The van der Waals surface area contributed by atoms with E-state index in [1.807, 2.05) is 44.2 Å². The first kappa shape index (κ1) is 26.4. The van der Waals surface area contributed by atoms with E-state index in [2.05, 4.69) is 28.6 Å². The number of amides is 3. The number of carbonyl (C=O) groups excluding carboxylic acids is 3. The van der Waals surface area contributed by atoms with Gasteiger partial charge in [-0.25, -0.2) is 4.79 Å². The van der Waals surface area contributed by atoms with Gasteiger partial charge in [-0.2, -0.15) is 12.6 Å². The number of thiol groups is 1.